The molecule has 0 radical (unpaired) electrons. The van der Waals surface area contributed by atoms with Gasteiger partial charge < -0.3 is 10.4 Å². The van der Waals surface area contributed by atoms with E-state index in [0.717, 1.165) is 12.8 Å². The molecule has 0 heterocycles. The van der Waals surface area contributed by atoms with Gasteiger partial charge in [0.25, 0.3) is 0 Å². The molecule has 0 spiro atoms. The van der Waals surface area contributed by atoms with Gasteiger partial charge in [-0.25, -0.2) is 0 Å². The van der Waals surface area contributed by atoms with Gasteiger partial charge in [0, 0.05) is 6.04 Å². The summed E-state index contributed by atoms with van der Waals surface area (Å²) >= 11 is 0. The van der Waals surface area contributed by atoms with Crippen molar-refractivity contribution in [1.29, 1.82) is 0 Å². The quantitative estimate of drug-likeness (QED) is 0.878. The minimum atomic E-state index is 0.0500. The van der Waals surface area contributed by atoms with Gasteiger partial charge in [-0.05, 0) is 42.4 Å². The fraction of sp³-hybridized carbons (Fsp3) is 0.368. The van der Waals surface area contributed by atoms with Gasteiger partial charge in [-0.3, -0.25) is 0 Å². The van der Waals surface area contributed by atoms with Crippen molar-refractivity contribution in [2.75, 3.05) is 6.61 Å². The Labute approximate surface area is 126 Å². The van der Waals surface area contributed by atoms with Crippen LogP contribution in [0.2, 0.25) is 0 Å². The van der Waals surface area contributed by atoms with Crippen molar-refractivity contribution >= 4 is 0 Å². The van der Waals surface area contributed by atoms with Crippen LogP contribution >= 0.6 is 0 Å². The molecular formula is C19H23NO. The first kappa shape index (κ1) is 14.3. The van der Waals surface area contributed by atoms with E-state index in [1.54, 1.807) is 0 Å². The Kier molecular flexibility index (Phi) is 4.37. The molecule has 0 aliphatic heterocycles. The van der Waals surface area contributed by atoms with E-state index in [1.165, 1.54) is 16.7 Å². The molecule has 21 heavy (non-hydrogen) atoms. The molecule has 0 saturated heterocycles. The third kappa shape index (κ3) is 3.17. The van der Waals surface area contributed by atoms with Crippen LogP contribution in [0.4, 0.5) is 0 Å². The van der Waals surface area contributed by atoms with Crippen molar-refractivity contribution in [2.45, 2.75) is 37.8 Å². The van der Waals surface area contributed by atoms with E-state index >= 15 is 0 Å². The molecule has 0 unspecified atom stereocenters. The smallest absolute Gasteiger partial charge is 0.0626 e. The second-order valence-corrected chi connectivity index (χ2v) is 6.03. The van der Waals surface area contributed by atoms with E-state index in [4.69, 9.17) is 0 Å². The average molecular weight is 281 g/mol. The Hall–Kier alpha value is -1.64. The van der Waals surface area contributed by atoms with Crippen molar-refractivity contribution in [3.8, 4) is 0 Å². The number of aryl methyl sites for hydroxylation is 1. The first-order chi connectivity index (χ1) is 10.3. The summed E-state index contributed by atoms with van der Waals surface area (Å²) in [5, 5.41) is 13.2. The maximum atomic E-state index is 9.61. The third-order valence-electron chi connectivity index (χ3n) is 4.59. The van der Waals surface area contributed by atoms with Crippen molar-refractivity contribution < 1.29 is 5.11 Å². The van der Waals surface area contributed by atoms with Crippen LogP contribution in [0.5, 0.6) is 0 Å². The molecule has 2 N–H and O–H groups in total. The molecule has 2 aromatic carbocycles. The van der Waals surface area contributed by atoms with Crippen molar-refractivity contribution in [2.24, 2.45) is 0 Å². The number of nitrogens with one attached hydrogen (secondary N) is 1. The number of hydrogen-bond donors (Lipinski definition) is 2. The topological polar surface area (TPSA) is 32.3 Å². The van der Waals surface area contributed by atoms with E-state index in [1.807, 2.05) is 18.2 Å². The standard InChI is InChI=1S/C19H23NO/c1-14-7-5-6-10-18(14)16-11-17(12-16)20-19(13-21)15-8-3-2-4-9-15/h2-10,16-17,19-21H,11-13H2,1H3/t16?,17?,19-/m1/s1. The highest BCUT2D eigenvalue weighted by Gasteiger charge is 2.32. The van der Waals surface area contributed by atoms with E-state index in [-0.39, 0.29) is 12.6 Å². The zero-order valence-corrected chi connectivity index (χ0v) is 12.5. The Morgan fingerprint density at radius 1 is 1.05 bits per heavy atom. The van der Waals surface area contributed by atoms with Gasteiger partial charge >= 0.3 is 0 Å². The van der Waals surface area contributed by atoms with Crippen LogP contribution in [-0.4, -0.2) is 17.8 Å². The van der Waals surface area contributed by atoms with Crippen molar-refractivity contribution in [3.05, 3.63) is 71.3 Å². The number of hydrogen-bond acceptors (Lipinski definition) is 2. The average Bonchev–Trinajstić information content (AvgIpc) is 2.48. The Balaban J connectivity index is 1.58. The largest absolute Gasteiger partial charge is 0.394 e. The highest BCUT2D eigenvalue weighted by atomic mass is 16.3. The molecule has 110 valence electrons. The molecule has 2 heteroatoms. The first-order valence-electron chi connectivity index (χ1n) is 7.75. The lowest BCUT2D eigenvalue weighted by Gasteiger charge is -2.39. The summed E-state index contributed by atoms with van der Waals surface area (Å²) in [6.45, 7) is 2.34. The van der Waals surface area contributed by atoms with Gasteiger partial charge in [0.15, 0.2) is 0 Å². The zero-order chi connectivity index (χ0) is 14.7. The fourth-order valence-corrected chi connectivity index (χ4v) is 3.28. The molecule has 3 rings (SSSR count). The van der Waals surface area contributed by atoms with E-state index in [0.29, 0.717) is 12.0 Å². The monoisotopic (exact) mass is 281 g/mol. The molecule has 1 saturated carbocycles. The zero-order valence-electron chi connectivity index (χ0n) is 12.5. The van der Waals surface area contributed by atoms with Gasteiger partial charge in [0.2, 0.25) is 0 Å². The maximum absolute atomic E-state index is 9.61. The predicted octanol–water partition coefficient (Wildman–Crippen LogP) is 3.56. The summed E-state index contributed by atoms with van der Waals surface area (Å²) in [6, 6.07) is 19.4. The van der Waals surface area contributed by atoms with Crippen LogP contribution in [0, 0.1) is 6.92 Å². The lowest BCUT2D eigenvalue weighted by Crippen LogP contribution is -2.43. The van der Waals surface area contributed by atoms with Crippen LogP contribution in [-0.2, 0) is 0 Å². The fourth-order valence-electron chi connectivity index (χ4n) is 3.28. The Bertz CT molecular complexity index is 575. The van der Waals surface area contributed by atoms with Crippen LogP contribution < -0.4 is 5.32 Å². The van der Waals surface area contributed by atoms with Gasteiger partial charge in [-0.2, -0.15) is 0 Å². The van der Waals surface area contributed by atoms with E-state index < -0.39 is 0 Å². The minimum Gasteiger partial charge on any atom is -0.394 e. The molecular weight excluding hydrogens is 258 g/mol. The number of benzene rings is 2. The van der Waals surface area contributed by atoms with Gasteiger partial charge in [-0.15, -0.1) is 0 Å². The second-order valence-electron chi connectivity index (χ2n) is 6.03. The lowest BCUT2D eigenvalue weighted by atomic mass is 9.74. The summed E-state index contributed by atoms with van der Waals surface area (Å²) in [4.78, 5) is 0. The summed E-state index contributed by atoms with van der Waals surface area (Å²) in [5.41, 5.74) is 4.04. The van der Waals surface area contributed by atoms with E-state index in [9.17, 15) is 5.11 Å². The van der Waals surface area contributed by atoms with Crippen LogP contribution in [0.3, 0.4) is 0 Å². The van der Waals surface area contributed by atoms with Crippen molar-refractivity contribution in [1.82, 2.24) is 5.32 Å². The van der Waals surface area contributed by atoms with Crippen LogP contribution in [0.1, 0.15) is 41.5 Å². The van der Waals surface area contributed by atoms with Crippen LogP contribution in [0.15, 0.2) is 54.6 Å². The summed E-state index contributed by atoms with van der Waals surface area (Å²) < 4.78 is 0. The van der Waals surface area contributed by atoms with E-state index in [2.05, 4.69) is 48.6 Å². The molecule has 1 fully saturated rings. The maximum Gasteiger partial charge on any atom is 0.0626 e. The Morgan fingerprint density at radius 3 is 2.38 bits per heavy atom. The predicted molar refractivity (Wildman–Crippen MR) is 86.3 cm³/mol. The first-order valence-corrected chi connectivity index (χ1v) is 7.75. The summed E-state index contributed by atoms with van der Waals surface area (Å²) in [5.74, 6) is 0.666. The molecule has 2 nitrogen and oxygen atoms in total. The molecule has 0 aromatic heterocycles. The molecule has 2 aromatic rings. The normalized spacial score (nSPS) is 22.6. The minimum absolute atomic E-state index is 0.0500. The SMILES string of the molecule is Cc1ccccc1C1CC(N[C@H](CO)c2ccccc2)C1. The van der Waals surface area contributed by atoms with Crippen LogP contribution in [0.25, 0.3) is 0 Å². The second kappa shape index (κ2) is 6.42. The molecule has 0 amide bonds. The lowest BCUT2D eigenvalue weighted by molar-refractivity contribution is 0.197. The molecule has 0 bridgehead atoms. The number of aliphatic hydroxyl groups is 1. The van der Waals surface area contributed by atoms with Gasteiger partial charge in [-0.1, -0.05) is 54.6 Å². The van der Waals surface area contributed by atoms with Crippen molar-refractivity contribution in [3.63, 3.8) is 0 Å². The molecule has 1 atom stereocenters. The van der Waals surface area contributed by atoms with Gasteiger partial charge in [0.05, 0.1) is 12.6 Å². The Morgan fingerprint density at radius 2 is 1.71 bits per heavy atom. The summed E-state index contributed by atoms with van der Waals surface area (Å²) in [6.07, 6.45) is 2.32. The summed E-state index contributed by atoms with van der Waals surface area (Å²) in [7, 11) is 0. The highest BCUT2D eigenvalue weighted by Crippen LogP contribution is 2.39. The highest BCUT2D eigenvalue weighted by molar-refractivity contribution is 5.31. The number of rotatable bonds is 5. The molecule has 1 aliphatic carbocycles. The number of aliphatic hydroxyl groups excluding tert-OH is 1. The third-order valence-corrected chi connectivity index (χ3v) is 4.59. The van der Waals surface area contributed by atoms with Gasteiger partial charge in [0.1, 0.15) is 0 Å². The molecule has 1 aliphatic rings.